The standard InChI is InChI=1S/C12H17NO2/c13-15-12(14)10-6-2-5-9-11-7-3-1-4-8-11/h1,3-4,7-8H,2,5-6,9-10,13H2. The number of aryl methyl sites for hydroxylation is 1. The van der Waals surface area contributed by atoms with Gasteiger partial charge in [-0.15, -0.1) is 0 Å². The number of carbonyl (C=O) groups excluding carboxylic acids is 1. The minimum atomic E-state index is -0.324. The Morgan fingerprint density at radius 3 is 2.53 bits per heavy atom. The summed E-state index contributed by atoms with van der Waals surface area (Å²) in [6, 6.07) is 10.3. The van der Waals surface area contributed by atoms with Gasteiger partial charge in [0.2, 0.25) is 0 Å². The Kier molecular flexibility index (Phi) is 5.48. The van der Waals surface area contributed by atoms with Gasteiger partial charge in [-0.1, -0.05) is 36.8 Å². The first-order valence-corrected chi connectivity index (χ1v) is 5.26. The fourth-order valence-electron chi connectivity index (χ4n) is 1.48. The summed E-state index contributed by atoms with van der Waals surface area (Å²) in [4.78, 5) is 14.8. The van der Waals surface area contributed by atoms with E-state index in [1.807, 2.05) is 18.2 Å². The maximum Gasteiger partial charge on any atom is 0.324 e. The van der Waals surface area contributed by atoms with Crippen molar-refractivity contribution in [2.45, 2.75) is 32.1 Å². The normalized spacial score (nSPS) is 9.93. The summed E-state index contributed by atoms with van der Waals surface area (Å²) in [6.07, 6.45) is 4.47. The molecule has 82 valence electrons. The average Bonchev–Trinajstić information content (AvgIpc) is 2.29. The Labute approximate surface area is 90.2 Å². The number of nitrogens with two attached hydrogens (primary N) is 1. The smallest absolute Gasteiger partial charge is 0.324 e. The molecule has 0 aliphatic heterocycles. The van der Waals surface area contributed by atoms with E-state index in [9.17, 15) is 4.79 Å². The van der Waals surface area contributed by atoms with Crippen molar-refractivity contribution >= 4 is 5.97 Å². The van der Waals surface area contributed by atoms with Gasteiger partial charge in [0.1, 0.15) is 0 Å². The number of carbonyl (C=O) groups is 1. The second kappa shape index (κ2) is 7.01. The number of hydrogen-bond donors (Lipinski definition) is 1. The Morgan fingerprint density at radius 2 is 1.87 bits per heavy atom. The molecule has 0 aliphatic carbocycles. The molecule has 0 heterocycles. The van der Waals surface area contributed by atoms with Gasteiger partial charge in [0.15, 0.2) is 0 Å². The van der Waals surface area contributed by atoms with Crippen LogP contribution in [0.4, 0.5) is 0 Å². The molecule has 2 N–H and O–H groups in total. The van der Waals surface area contributed by atoms with E-state index in [1.165, 1.54) is 5.56 Å². The zero-order chi connectivity index (χ0) is 10.9. The van der Waals surface area contributed by atoms with E-state index in [2.05, 4.69) is 17.0 Å². The molecule has 0 radical (unpaired) electrons. The van der Waals surface area contributed by atoms with Gasteiger partial charge in [0.05, 0.1) is 0 Å². The summed E-state index contributed by atoms with van der Waals surface area (Å²) in [6.45, 7) is 0. The molecule has 0 unspecified atom stereocenters. The summed E-state index contributed by atoms with van der Waals surface area (Å²) >= 11 is 0. The first kappa shape index (κ1) is 11.7. The Hall–Kier alpha value is -1.35. The molecular formula is C12H17NO2. The molecule has 1 aromatic carbocycles. The molecule has 0 fully saturated rings. The van der Waals surface area contributed by atoms with Gasteiger partial charge in [0, 0.05) is 6.42 Å². The summed E-state index contributed by atoms with van der Waals surface area (Å²) in [7, 11) is 0. The lowest BCUT2D eigenvalue weighted by molar-refractivity contribution is -0.144. The third-order valence-corrected chi connectivity index (χ3v) is 2.32. The van der Waals surface area contributed by atoms with Crippen LogP contribution in [0.3, 0.4) is 0 Å². The molecule has 0 saturated carbocycles. The van der Waals surface area contributed by atoms with Crippen LogP contribution in [-0.4, -0.2) is 5.97 Å². The van der Waals surface area contributed by atoms with Gasteiger partial charge in [-0.3, -0.25) is 4.79 Å². The molecule has 0 atom stereocenters. The first-order chi connectivity index (χ1) is 7.33. The summed E-state index contributed by atoms with van der Waals surface area (Å²) < 4.78 is 0. The van der Waals surface area contributed by atoms with Crippen molar-refractivity contribution in [2.24, 2.45) is 5.90 Å². The molecule has 0 aliphatic rings. The van der Waals surface area contributed by atoms with Gasteiger partial charge >= 0.3 is 5.97 Å². The fourth-order valence-corrected chi connectivity index (χ4v) is 1.48. The van der Waals surface area contributed by atoms with E-state index < -0.39 is 0 Å². The predicted octanol–water partition coefficient (Wildman–Crippen LogP) is 2.21. The number of hydrogen-bond acceptors (Lipinski definition) is 3. The summed E-state index contributed by atoms with van der Waals surface area (Å²) in [5.74, 6) is 4.40. The molecule has 3 heteroatoms. The fraction of sp³-hybridized carbons (Fsp3) is 0.417. The van der Waals surface area contributed by atoms with Crippen LogP contribution in [-0.2, 0) is 16.1 Å². The van der Waals surface area contributed by atoms with E-state index in [1.54, 1.807) is 0 Å². The molecular weight excluding hydrogens is 190 g/mol. The van der Waals surface area contributed by atoms with E-state index >= 15 is 0 Å². The van der Waals surface area contributed by atoms with Crippen molar-refractivity contribution in [2.75, 3.05) is 0 Å². The summed E-state index contributed by atoms with van der Waals surface area (Å²) in [5, 5.41) is 0. The molecule has 3 nitrogen and oxygen atoms in total. The maximum absolute atomic E-state index is 10.7. The molecule has 0 amide bonds. The third-order valence-electron chi connectivity index (χ3n) is 2.32. The van der Waals surface area contributed by atoms with Crippen molar-refractivity contribution in [3.63, 3.8) is 0 Å². The van der Waals surface area contributed by atoms with E-state index in [4.69, 9.17) is 5.90 Å². The topological polar surface area (TPSA) is 52.3 Å². The van der Waals surface area contributed by atoms with Gasteiger partial charge in [-0.05, 0) is 24.8 Å². The highest BCUT2D eigenvalue weighted by atomic mass is 16.7. The van der Waals surface area contributed by atoms with Crippen LogP contribution in [0.5, 0.6) is 0 Å². The monoisotopic (exact) mass is 207 g/mol. The minimum Gasteiger partial charge on any atom is -0.373 e. The molecule has 1 rings (SSSR count). The second-order valence-corrected chi connectivity index (χ2v) is 3.54. The minimum absolute atomic E-state index is 0.324. The van der Waals surface area contributed by atoms with Crippen LogP contribution >= 0.6 is 0 Å². The third kappa shape index (κ3) is 5.18. The van der Waals surface area contributed by atoms with E-state index in [0.29, 0.717) is 6.42 Å². The largest absolute Gasteiger partial charge is 0.373 e. The Balaban J connectivity index is 2.05. The van der Waals surface area contributed by atoms with Crippen molar-refractivity contribution < 1.29 is 9.63 Å². The second-order valence-electron chi connectivity index (χ2n) is 3.54. The van der Waals surface area contributed by atoms with Gasteiger partial charge < -0.3 is 4.84 Å². The Bertz CT molecular complexity index is 285. The van der Waals surface area contributed by atoms with E-state index in [-0.39, 0.29) is 5.97 Å². The highest BCUT2D eigenvalue weighted by Gasteiger charge is 1.99. The lowest BCUT2D eigenvalue weighted by Crippen LogP contribution is -2.09. The van der Waals surface area contributed by atoms with Crippen LogP contribution in [0.2, 0.25) is 0 Å². The number of benzene rings is 1. The molecule has 0 bridgehead atoms. The SMILES string of the molecule is NOC(=O)CCCCCc1ccccc1. The number of unbranched alkanes of at least 4 members (excludes halogenated alkanes) is 2. The lowest BCUT2D eigenvalue weighted by atomic mass is 10.1. The van der Waals surface area contributed by atoms with Crippen molar-refractivity contribution in [3.05, 3.63) is 35.9 Å². The van der Waals surface area contributed by atoms with Crippen molar-refractivity contribution in [1.82, 2.24) is 0 Å². The highest BCUT2D eigenvalue weighted by molar-refractivity contribution is 5.68. The maximum atomic E-state index is 10.7. The molecule has 0 spiro atoms. The predicted molar refractivity (Wildman–Crippen MR) is 58.9 cm³/mol. The van der Waals surface area contributed by atoms with Crippen molar-refractivity contribution in [1.29, 1.82) is 0 Å². The van der Waals surface area contributed by atoms with Crippen LogP contribution in [0.1, 0.15) is 31.2 Å². The molecule has 15 heavy (non-hydrogen) atoms. The molecule has 0 saturated heterocycles. The molecule has 1 aromatic rings. The van der Waals surface area contributed by atoms with Crippen LogP contribution in [0.15, 0.2) is 30.3 Å². The van der Waals surface area contributed by atoms with Crippen molar-refractivity contribution in [3.8, 4) is 0 Å². The zero-order valence-corrected chi connectivity index (χ0v) is 8.82. The zero-order valence-electron chi connectivity index (χ0n) is 8.82. The van der Waals surface area contributed by atoms with Gasteiger partial charge in [0.25, 0.3) is 0 Å². The van der Waals surface area contributed by atoms with Gasteiger partial charge in [-0.2, -0.15) is 5.90 Å². The van der Waals surface area contributed by atoms with Crippen LogP contribution < -0.4 is 5.90 Å². The van der Waals surface area contributed by atoms with Crippen LogP contribution in [0, 0.1) is 0 Å². The first-order valence-electron chi connectivity index (χ1n) is 5.26. The summed E-state index contributed by atoms with van der Waals surface area (Å²) in [5.41, 5.74) is 1.35. The lowest BCUT2D eigenvalue weighted by Gasteiger charge is -2.01. The number of rotatable bonds is 6. The quantitative estimate of drug-likeness (QED) is 0.574. The molecule has 0 aromatic heterocycles. The Morgan fingerprint density at radius 1 is 1.13 bits per heavy atom. The van der Waals surface area contributed by atoms with Crippen LogP contribution in [0.25, 0.3) is 0 Å². The highest BCUT2D eigenvalue weighted by Crippen LogP contribution is 2.07. The van der Waals surface area contributed by atoms with E-state index in [0.717, 1.165) is 25.7 Å². The average molecular weight is 207 g/mol. The van der Waals surface area contributed by atoms with Gasteiger partial charge in [-0.25, -0.2) is 0 Å².